The van der Waals surface area contributed by atoms with E-state index in [-0.39, 0.29) is 0 Å². The van der Waals surface area contributed by atoms with Gasteiger partial charge in [-0.1, -0.05) is 0 Å². The molecule has 0 saturated carbocycles. The van der Waals surface area contributed by atoms with E-state index in [1.165, 1.54) is 0 Å². The van der Waals surface area contributed by atoms with Gasteiger partial charge in [-0.05, 0) is 43.3 Å². The number of thiazole rings is 1. The summed E-state index contributed by atoms with van der Waals surface area (Å²) in [5.74, 6) is 0.871. The molecule has 4 nitrogen and oxygen atoms in total. The lowest BCUT2D eigenvalue weighted by molar-refractivity contribution is 0.314. The lowest BCUT2D eigenvalue weighted by Gasteiger charge is -2.04. The second-order valence-corrected chi connectivity index (χ2v) is 5.41. The maximum absolute atomic E-state index is 5.66. The van der Waals surface area contributed by atoms with E-state index in [0.29, 0.717) is 13.2 Å². The van der Waals surface area contributed by atoms with Gasteiger partial charge < -0.3 is 10.5 Å². The Hall–Kier alpha value is -1.98. The van der Waals surface area contributed by atoms with E-state index in [1.54, 1.807) is 23.7 Å². The molecule has 102 valence electrons. The van der Waals surface area contributed by atoms with Crippen molar-refractivity contribution < 1.29 is 4.74 Å². The summed E-state index contributed by atoms with van der Waals surface area (Å²) >= 11 is 1.66. The SMILES string of the molecule is NCCCOc1ccc2nc(-c3ccncc3)sc2c1. The topological polar surface area (TPSA) is 61.0 Å². The van der Waals surface area contributed by atoms with Crippen molar-refractivity contribution in [2.45, 2.75) is 6.42 Å². The molecule has 0 bridgehead atoms. The molecular formula is C15H15N3OS. The molecule has 0 aliphatic rings. The van der Waals surface area contributed by atoms with Gasteiger partial charge in [-0.3, -0.25) is 4.98 Å². The number of nitrogens with zero attached hydrogens (tertiary/aromatic N) is 2. The number of pyridine rings is 1. The van der Waals surface area contributed by atoms with Crippen LogP contribution in [-0.4, -0.2) is 23.1 Å². The van der Waals surface area contributed by atoms with E-state index in [1.807, 2.05) is 30.3 Å². The highest BCUT2D eigenvalue weighted by Gasteiger charge is 2.07. The van der Waals surface area contributed by atoms with Gasteiger partial charge in [-0.25, -0.2) is 4.98 Å². The lowest BCUT2D eigenvalue weighted by atomic mass is 10.3. The summed E-state index contributed by atoms with van der Waals surface area (Å²) in [6, 6.07) is 9.92. The van der Waals surface area contributed by atoms with Gasteiger partial charge in [0.2, 0.25) is 0 Å². The van der Waals surface area contributed by atoms with Gasteiger partial charge in [0.15, 0.2) is 0 Å². The fourth-order valence-electron chi connectivity index (χ4n) is 1.89. The first-order chi connectivity index (χ1) is 9.86. The molecule has 0 atom stereocenters. The Balaban J connectivity index is 1.88. The molecule has 3 rings (SSSR count). The van der Waals surface area contributed by atoms with Crippen molar-refractivity contribution in [1.29, 1.82) is 0 Å². The molecule has 0 radical (unpaired) electrons. The third-order valence-corrected chi connectivity index (χ3v) is 3.97. The molecule has 2 heterocycles. The number of rotatable bonds is 5. The predicted octanol–water partition coefficient (Wildman–Crippen LogP) is 3.09. The lowest BCUT2D eigenvalue weighted by Crippen LogP contribution is -2.05. The van der Waals surface area contributed by atoms with E-state index < -0.39 is 0 Å². The summed E-state index contributed by atoms with van der Waals surface area (Å²) in [5, 5.41) is 1.00. The molecule has 0 spiro atoms. The van der Waals surface area contributed by atoms with Crippen LogP contribution in [0.25, 0.3) is 20.8 Å². The Morgan fingerprint density at radius 3 is 2.80 bits per heavy atom. The zero-order valence-electron chi connectivity index (χ0n) is 11.0. The van der Waals surface area contributed by atoms with Crippen molar-refractivity contribution in [2.75, 3.05) is 13.2 Å². The predicted molar refractivity (Wildman–Crippen MR) is 82.0 cm³/mol. The molecule has 5 heteroatoms. The zero-order valence-corrected chi connectivity index (χ0v) is 11.8. The van der Waals surface area contributed by atoms with Crippen LogP contribution in [0.15, 0.2) is 42.7 Å². The summed E-state index contributed by atoms with van der Waals surface area (Å²) in [4.78, 5) is 8.66. The standard InChI is InChI=1S/C15H15N3OS/c16-6-1-9-19-12-2-3-13-14(10-12)20-15(18-13)11-4-7-17-8-5-11/h2-5,7-8,10H,1,6,9,16H2. The van der Waals surface area contributed by atoms with Crippen molar-refractivity contribution in [1.82, 2.24) is 9.97 Å². The maximum atomic E-state index is 5.66. The van der Waals surface area contributed by atoms with Gasteiger partial charge in [0, 0.05) is 18.0 Å². The highest BCUT2D eigenvalue weighted by molar-refractivity contribution is 7.21. The Morgan fingerprint density at radius 1 is 1.15 bits per heavy atom. The molecule has 0 saturated heterocycles. The molecular weight excluding hydrogens is 270 g/mol. The molecule has 20 heavy (non-hydrogen) atoms. The molecule has 3 aromatic rings. The van der Waals surface area contributed by atoms with E-state index in [9.17, 15) is 0 Å². The van der Waals surface area contributed by atoms with Gasteiger partial charge in [-0.15, -0.1) is 11.3 Å². The second kappa shape index (κ2) is 5.98. The fourth-order valence-corrected chi connectivity index (χ4v) is 2.89. The second-order valence-electron chi connectivity index (χ2n) is 4.38. The monoisotopic (exact) mass is 285 g/mol. The van der Waals surface area contributed by atoms with Gasteiger partial charge in [0.25, 0.3) is 0 Å². The van der Waals surface area contributed by atoms with Gasteiger partial charge >= 0.3 is 0 Å². The van der Waals surface area contributed by atoms with Crippen LogP contribution in [0.3, 0.4) is 0 Å². The molecule has 0 aliphatic carbocycles. The minimum atomic E-state index is 0.648. The molecule has 0 aliphatic heterocycles. The number of benzene rings is 1. The largest absolute Gasteiger partial charge is 0.493 e. The molecule has 1 aromatic carbocycles. The van der Waals surface area contributed by atoms with Gasteiger partial charge in [0.1, 0.15) is 10.8 Å². The fraction of sp³-hybridized carbons (Fsp3) is 0.200. The minimum Gasteiger partial charge on any atom is -0.493 e. The van der Waals surface area contributed by atoms with Crippen molar-refractivity contribution in [2.24, 2.45) is 5.73 Å². The highest BCUT2D eigenvalue weighted by Crippen LogP contribution is 2.31. The van der Waals surface area contributed by atoms with Crippen LogP contribution >= 0.6 is 11.3 Å². The van der Waals surface area contributed by atoms with Crippen LogP contribution in [0.2, 0.25) is 0 Å². The summed E-state index contributed by atoms with van der Waals surface area (Å²) in [7, 11) is 0. The number of fused-ring (bicyclic) bond motifs is 1. The van der Waals surface area contributed by atoms with Crippen molar-refractivity contribution in [3.8, 4) is 16.3 Å². The number of aromatic nitrogens is 2. The number of ether oxygens (including phenoxy) is 1. The van der Waals surface area contributed by atoms with Gasteiger partial charge in [0.05, 0.1) is 16.8 Å². The average Bonchev–Trinajstić information content (AvgIpc) is 2.92. The first kappa shape index (κ1) is 13.0. The smallest absolute Gasteiger partial charge is 0.124 e. The van der Waals surface area contributed by atoms with Crippen molar-refractivity contribution in [3.63, 3.8) is 0 Å². The van der Waals surface area contributed by atoms with Crippen LogP contribution in [-0.2, 0) is 0 Å². The van der Waals surface area contributed by atoms with Crippen molar-refractivity contribution in [3.05, 3.63) is 42.7 Å². The third kappa shape index (κ3) is 2.79. The van der Waals surface area contributed by atoms with E-state index in [2.05, 4.69) is 9.97 Å². The molecule has 0 unspecified atom stereocenters. The Kier molecular flexibility index (Phi) is 3.90. The molecule has 2 aromatic heterocycles. The van der Waals surface area contributed by atoms with E-state index in [4.69, 9.17) is 10.5 Å². The molecule has 2 N–H and O–H groups in total. The summed E-state index contributed by atoms with van der Waals surface area (Å²) in [6.07, 6.45) is 4.43. The number of hydrogen-bond acceptors (Lipinski definition) is 5. The quantitative estimate of drug-likeness (QED) is 0.732. The van der Waals surface area contributed by atoms with E-state index >= 15 is 0 Å². The van der Waals surface area contributed by atoms with Gasteiger partial charge in [-0.2, -0.15) is 0 Å². The Bertz CT molecular complexity index is 697. The number of nitrogens with two attached hydrogens (primary N) is 1. The average molecular weight is 285 g/mol. The summed E-state index contributed by atoms with van der Waals surface area (Å²) < 4.78 is 6.79. The highest BCUT2D eigenvalue weighted by atomic mass is 32.1. The van der Waals surface area contributed by atoms with Crippen molar-refractivity contribution >= 4 is 21.6 Å². The van der Waals surface area contributed by atoms with E-state index in [0.717, 1.165) is 33.0 Å². The van der Waals surface area contributed by atoms with Crippen LogP contribution in [0.1, 0.15) is 6.42 Å². The first-order valence-electron chi connectivity index (χ1n) is 6.50. The van der Waals surface area contributed by atoms with Crippen LogP contribution in [0.5, 0.6) is 5.75 Å². The zero-order chi connectivity index (χ0) is 13.8. The van der Waals surface area contributed by atoms with Crippen LogP contribution in [0.4, 0.5) is 0 Å². The normalized spacial score (nSPS) is 10.8. The summed E-state index contributed by atoms with van der Waals surface area (Å²) in [6.45, 7) is 1.30. The third-order valence-electron chi connectivity index (χ3n) is 2.90. The molecule has 0 amide bonds. The van der Waals surface area contributed by atoms with Crippen LogP contribution in [0, 0.1) is 0 Å². The first-order valence-corrected chi connectivity index (χ1v) is 7.32. The number of hydrogen-bond donors (Lipinski definition) is 1. The summed E-state index contributed by atoms with van der Waals surface area (Å²) in [5.41, 5.74) is 7.54. The Labute approximate surface area is 121 Å². The maximum Gasteiger partial charge on any atom is 0.124 e. The Morgan fingerprint density at radius 2 is 2.00 bits per heavy atom. The molecule has 0 fully saturated rings. The minimum absolute atomic E-state index is 0.648. The van der Waals surface area contributed by atoms with Crippen LogP contribution < -0.4 is 10.5 Å².